The standard InChI is InChI=1S/C17H32O3S.C15H28N2O9S/c1-3-5-6-7-8-9-10-11-12-13-16(20-15-18)14-17(21)19-4-2;1-14(2,3)25-7-10(12(19)20)17(13(21)26-15(4,5)6)11(18)9(16)8-27(22,23)24/h15-16H,3-14H2,1-2H3;9-10H,7-8,16H2,1-6H3,(H,19,20)(H,22,23,24)/t16-;9-,10-/m10/s1. The van der Waals surface area contributed by atoms with Crippen LogP contribution in [0.15, 0.2) is 0 Å². The number of rotatable bonds is 22. The summed E-state index contributed by atoms with van der Waals surface area (Å²) in [7, 11) is -4.65. The van der Waals surface area contributed by atoms with Gasteiger partial charge in [0.1, 0.15) is 17.7 Å². The number of ether oxygens (including phenoxy) is 4. The summed E-state index contributed by atoms with van der Waals surface area (Å²) in [6.45, 7) is 14.0. The second-order valence-electron chi connectivity index (χ2n) is 13.3. The summed E-state index contributed by atoms with van der Waals surface area (Å²) in [4.78, 5) is 47.3. The molecule has 0 aliphatic heterocycles. The van der Waals surface area contributed by atoms with E-state index in [2.05, 4.69) is 6.92 Å². The van der Waals surface area contributed by atoms with Crippen LogP contribution in [0.4, 0.5) is 4.79 Å². The maximum absolute atomic E-state index is 12.5. The van der Waals surface area contributed by atoms with E-state index in [1.807, 2.05) is 6.92 Å². The summed E-state index contributed by atoms with van der Waals surface area (Å²) < 4.78 is 51.5. The minimum atomic E-state index is -4.65. The predicted octanol–water partition coefficient (Wildman–Crippen LogP) is 5.44. The summed E-state index contributed by atoms with van der Waals surface area (Å²) in [5, 5.41) is 10.0. The number of thiocarbonyl (C=S) groups is 1. The van der Waals surface area contributed by atoms with E-state index in [0.717, 1.165) is 12.8 Å². The van der Waals surface area contributed by atoms with E-state index < -0.39 is 63.7 Å². The summed E-state index contributed by atoms with van der Waals surface area (Å²) in [6.07, 6.45) is 11.6. The van der Waals surface area contributed by atoms with Crippen molar-refractivity contribution in [2.45, 2.75) is 155 Å². The molecular formula is C32H60N2O12S2. The number of imide groups is 1. The van der Waals surface area contributed by atoms with E-state index in [9.17, 15) is 32.7 Å². The Kier molecular flexibility index (Phi) is 24.5. The van der Waals surface area contributed by atoms with Crippen LogP contribution >= 0.6 is 12.2 Å². The zero-order valence-electron chi connectivity index (χ0n) is 30.0. The van der Waals surface area contributed by atoms with Gasteiger partial charge in [-0.05, 0) is 73.5 Å². The first-order chi connectivity index (χ1) is 22.1. The second-order valence-corrected chi connectivity index (χ2v) is 15.3. The van der Waals surface area contributed by atoms with Crippen molar-refractivity contribution in [3.05, 3.63) is 0 Å². The van der Waals surface area contributed by atoms with E-state index in [1.54, 1.807) is 20.8 Å². The molecule has 14 nitrogen and oxygen atoms in total. The SMILES string of the molecule is CC(C)(C)OC[C@@H](C(=O)O)N(C(=O)OC(C)(C)C)C(=O)[C@@H](N)CS(=O)(=O)O.CCCCCCCCCCC[C@H](CC(=S)OCC)OC=O. The molecule has 0 saturated carbocycles. The number of carboxylic acid groups (broad SMARTS) is 1. The minimum Gasteiger partial charge on any atom is -0.487 e. The van der Waals surface area contributed by atoms with Crippen LogP contribution in [0.2, 0.25) is 0 Å². The van der Waals surface area contributed by atoms with Gasteiger partial charge in [0.05, 0.1) is 31.0 Å². The highest BCUT2D eigenvalue weighted by atomic mass is 32.2. The van der Waals surface area contributed by atoms with Crippen molar-refractivity contribution < 1.29 is 56.2 Å². The van der Waals surface area contributed by atoms with Gasteiger partial charge in [-0.2, -0.15) is 8.42 Å². The Hall–Kier alpha value is -2.40. The number of hydrogen-bond donors (Lipinski definition) is 3. The average molecular weight is 729 g/mol. The second kappa shape index (κ2) is 24.7. The van der Waals surface area contributed by atoms with Crippen LogP contribution in [-0.2, 0) is 43.4 Å². The van der Waals surface area contributed by atoms with Gasteiger partial charge in [-0.1, -0.05) is 58.3 Å². The van der Waals surface area contributed by atoms with Crippen LogP contribution in [0.3, 0.4) is 0 Å². The third-order valence-corrected chi connectivity index (χ3v) is 7.45. The average Bonchev–Trinajstić information content (AvgIpc) is 2.92. The van der Waals surface area contributed by atoms with Crippen molar-refractivity contribution in [1.82, 2.24) is 4.90 Å². The van der Waals surface area contributed by atoms with Gasteiger partial charge in [-0.3, -0.25) is 14.1 Å². The predicted molar refractivity (Wildman–Crippen MR) is 186 cm³/mol. The normalized spacial score (nSPS) is 13.6. The van der Waals surface area contributed by atoms with Crippen LogP contribution in [0.1, 0.15) is 126 Å². The molecule has 3 atom stereocenters. The van der Waals surface area contributed by atoms with E-state index in [0.29, 0.717) is 24.6 Å². The number of amides is 2. The summed E-state index contributed by atoms with van der Waals surface area (Å²) in [5.74, 6) is -4.12. The van der Waals surface area contributed by atoms with Gasteiger partial charge >= 0.3 is 12.1 Å². The number of nitrogens with zero attached hydrogens (tertiary/aromatic N) is 1. The summed E-state index contributed by atoms with van der Waals surface area (Å²) in [5.41, 5.74) is 3.60. The number of carboxylic acids is 1. The van der Waals surface area contributed by atoms with Crippen molar-refractivity contribution in [2.24, 2.45) is 5.73 Å². The molecule has 0 radical (unpaired) electrons. The first-order valence-corrected chi connectivity index (χ1v) is 18.5. The molecule has 0 aromatic heterocycles. The zero-order chi connectivity index (χ0) is 37.6. The van der Waals surface area contributed by atoms with Gasteiger partial charge in [-0.25, -0.2) is 14.5 Å². The number of carbonyl (C=O) groups excluding carboxylic acids is 3. The van der Waals surface area contributed by atoms with Crippen molar-refractivity contribution in [2.75, 3.05) is 19.0 Å². The Morgan fingerprint density at radius 3 is 1.85 bits per heavy atom. The van der Waals surface area contributed by atoms with Gasteiger partial charge in [0.15, 0.2) is 11.1 Å². The molecule has 0 unspecified atom stereocenters. The van der Waals surface area contributed by atoms with Crippen LogP contribution in [0.25, 0.3) is 0 Å². The van der Waals surface area contributed by atoms with E-state index in [-0.39, 0.29) is 11.0 Å². The Morgan fingerprint density at radius 2 is 1.44 bits per heavy atom. The smallest absolute Gasteiger partial charge is 0.417 e. The zero-order valence-corrected chi connectivity index (χ0v) is 31.7. The molecule has 0 heterocycles. The molecule has 2 amide bonds. The van der Waals surface area contributed by atoms with Crippen molar-refractivity contribution in [1.29, 1.82) is 0 Å². The van der Waals surface area contributed by atoms with Crippen LogP contribution in [0, 0.1) is 0 Å². The molecule has 16 heteroatoms. The molecule has 0 spiro atoms. The lowest BCUT2D eigenvalue weighted by atomic mass is 10.0. The van der Waals surface area contributed by atoms with Crippen molar-refractivity contribution in [3.8, 4) is 0 Å². The molecule has 0 aromatic rings. The molecule has 0 aromatic carbocycles. The molecule has 0 aliphatic carbocycles. The molecular weight excluding hydrogens is 668 g/mol. The van der Waals surface area contributed by atoms with Gasteiger partial charge < -0.3 is 29.8 Å². The Labute approximate surface area is 292 Å². The Bertz CT molecular complexity index is 1070. The lowest BCUT2D eigenvalue weighted by Gasteiger charge is -2.32. The first kappa shape index (κ1) is 47.7. The lowest BCUT2D eigenvalue weighted by molar-refractivity contribution is -0.155. The monoisotopic (exact) mass is 728 g/mol. The maximum Gasteiger partial charge on any atom is 0.417 e. The highest BCUT2D eigenvalue weighted by Gasteiger charge is 2.41. The number of hydrogen-bond acceptors (Lipinski definition) is 12. The largest absolute Gasteiger partial charge is 0.487 e. The Morgan fingerprint density at radius 1 is 0.917 bits per heavy atom. The van der Waals surface area contributed by atoms with Crippen LogP contribution in [-0.4, -0.2) is 101 Å². The number of carbonyl (C=O) groups is 4. The quantitative estimate of drug-likeness (QED) is 0.0549. The van der Waals surface area contributed by atoms with E-state index in [4.69, 9.17) is 41.5 Å². The Balaban J connectivity index is 0. The number of aliphatic carboxylic acids is 1. The molecule has 0 rings (SSSR count). The molecule has 48 heavy (non-hydrogen) atoms. The van der Waals surface area contributed by atoms with Crippen molar-refractivity contribution >= 4 is 51.8 Å². The van der Waals surface area contributed by atoms with Gasteiger partial charge in [0, 0.05) is 0 Å². The summed E-state index contributed by atoms with van der Waals surface area (Å²) >= 11 is 5.10. The molecule has 282 valence electrons. The number of unbranched alkanes of at least 4 members (excludes halogenated alkanes) is 8. The van der Waals surface area contributed by atoms with E-state index in [1.165, 1.54) is 72.1 Å². The topological polar surface area (TPSA) is 209 Å². The first-order valence-electron chi connectivity index (χ1n) is 16.5. The molecule has 0 aliphatic rings. The minimum absolute atomic E-state index is 0.119. The summed E-state index contributed by atoms with van der Waals surface area (Å²) in [6, 6.07) is -3.71. The highest BCUT2D eigenvalue weighted by Crippen LogP contribution is 2.17. The molecule has 0 bridgehead atoms. The molecule has 0 saturated heterocycles. The van der Waals surface area contributed by atoms with Gasteiger partial charge in [-0.15, -0.1) is 0 Å². The van der Waals surface area contributed by atoms with Crippen LogP contribution < -0.4 is 5.73 Å². The fraction of sp³-hybridized carbons (Fsp3) is 0.844. The van der Waals surface area contributed by atoms with Crippen molar-refractivity contribution in [3.63, 3.8) is 0 Å². The highest BCUT2D eigenvalue weighted by molar-refractivity contribution is 7.85. The fourth-order valence-electron chi connectivity index (χ4n) is 4.13. The fourth-order valence-corrected chi connectivity index (χ4v) is 5.03. The number of nitrogens with two attached hydrogens (primary N) is 1. The molecule has 0 fully saturated rings. The maximum atomic E-state index is 12.5. The van der Waals surface area contributed by atoms with Gasteiger partial charge in [0.25, 0.3) is 22.5 Å². The third-order valence-electron chi connectivity index (χ3n) is 6.38. The van der Waals surface area contributed by atoms with Gasteiger partial charge in [0.2, 0.25) is 0 Å². The van der Waals surface area contributed by atoms with E-state index >= 15 is 0 Å². The van der Waals surface area contributed by atoms with Crippen LogP contribution in [0.5, 0.6) is 0 Å². The molecule has 4 N–H and O–H groups in total. The third kappa shape index (κ3) is 26.5. The lowest BCUT2D eigenvalue weighted by Crippen LogP contribution is -2.58.